The second kappa shape index (κ2) is 6.71. The highest BCUT2D eigenvalue weighted by molar-refractivity contribution is 5.60. The van der Waals surface area contributed by atoms with E-state index in [0.29, 0.717) is 18.2 Å². The van der Waals surface area contributed by atoms with Crippen LogP contribution in [0, 0.1) is 0 Å². The summed E-state index contributed by atoms with van der Waals surface area (Å²) in [6, 6.07) is 12.3. The minimum atomic E-state index is -0.142. The van der Waals surface area contributed by atoms with Gasteiger partial charge in [-0.05, 0) is 29.2 Å². The molecule has 2 aromatic heterocycles. The van der Waals surface area contributed by atoms with E-state index in [1.165, 1.54) is 5.56 Å². The Morgan fingerprint density at radius 1 is 1.13 bits per heavy atom. The maximum absolute atomic E-state index is 9.52. The Kier molecular flexibility index (Phi) is 4.48. The normalized spacial score (nSPS) is 11.1. The predicted molar refractivity (Wildman–Crippen MR) is 88.8 cm³/mol. The smallest absolute Gasteiger partial charge is 0.116 e. The molecule has 0 atom stereocenters. The first-order valence-electron chi connectivity index (χ1n) is 7.71. The van der Waals surface area contributed by atoms with Crippen LogP contribution in [0.4, 0.5) is 0 Å². The van der Waals surface area contributed by atoms with Crippen LogP contribution in [0.1, 0.15) is 36.6 Å². The lowest BCUT2D eigenvalue weighted by Gasteiger charge is -2.09. The van der Waals surface area contributed by atoms with Gasteiger partial charge in [0.25, 0.3) is 0 Å². The summed E-state index contributed by atoms with van der Waals surface area (Å²) in [4.78, 5) is 4.14. The van der Waals surface area contributed by atoms with Crippen LogP contribution < -0.4 is 0 Å². The van der Waals surface area contributed by atoms with Gasteiger partial charge in [0.15, 0.2) is 0 Å². The molecule has 5 nitrogen and oxygen atoms in total. The molecule has 0 saturated heterocycles. The van der Waals surface area contributed by atoms with Crippen LogP contribution in [0.15, 0.2) is 48.8 Å². The van der Waals surface area contributed by atoms with Crippen LogP contribution in [-0.4, -0.2) is 25.1 Å². The highest BCUT2D eigenvalue weighted by Crippen LogP contribution is 2.23. The van der Waals surface area contributed by atoms with Gasteiger partial charge >= 0.3 is 0 Å². The zero-order valence-corrected chi connectivity index (χ0v) is 13.3. The highest BCUT2D eigenvalue weighted by Gasteiger charge is 2.14. The van der Waals surface area contributed by atoms with E-state index < -0.39 is 0 Å². The van der Waals surface area contributed by atoms with Crippen molar-refractivity contribution in [2.45, 2.75) is 32.9 Å². The molecule has 118 valence electrons. The Bertz CT molecular complexity index is 763. The third-order valence-electron chi connectivity index (χ3n) is 3.87. The van der Waals surface area contributed by atoms with Crippen LogP contribution in [0.2, 0.25) is 0 Å². The van der Waals surface area contributed by atoms with Gasteiger partial charge in [-0.15, -0.1) is 5.10 Å². The number of hydrogen-bond donors (Lipinski definition) is 1. The zero-order chi connectivity index (χ0) is 16.2. The average Bonchev–Trinajstić information content (AvgIpc) is 2.99. The molecule has 1 aromatic carbocycles. The minimum absolute atomic E-state index is 0.142. The van der Waals surface area contributed by atoms with Crippen molar-refractivity contribution in [2.75, 3.05) is 0 Å². The van der Waals surface area contributed by atoms with Gasteiger partial charge in [-0.1, -0.05) is 43.3 Å². The number of aliphatic hydroxyl groups is 1. The van der Waals surface area contributed by atoms with Crippen molar-refractivity contribution in [2.24, 2.45) is 0 Å². The fraction of sp³-hybridized carbons (Fsp3) is 0.278. The molecule has 0 aliphatic rings. The van der Waals surface area contributed by atoms with Crippen molar-refractivity contribution < 1.29 is 5.11 Å². The van der Waals surface area contributed by atoms with E-state index in [2.05, 4.69) is 53.4 Å². The predicted octanol–water partition coefficient (Wildman–Crippen LogP) is 3.00. The number of rotatable bonds is 5. The SMILES string of the molecule is CC(C)c1ccc(Cn2nnc(CO)c2-c2cccnc2)cc1. The van der Waals surface area contributed by atoms with E-state index in [1.807, 2.05) is 16.8 Å². The van der Waals surface area contributed by atoms with Gasteiger partial charge in [0.1, 0.15) is 5.69 Å². The van der Waals surface area contributed by atoms with E-state index in [-0.39, 0.29) is 6.61 Å². The summed E-state index contributed by atoms with van der Waals surface area (Å²) < 4.78 is 1.81. The lowest BCUT2D eigenvalue weighted by atomic mass is 10.0. The highest BCUT2D eigenvalue weighted by atomic mass is 16.3. The van der Waals surface area contributed by atoms with Gasteiger partial charge in [0.2, 0.25) is 0 Å². The number of pyridine rings is 1. The van der Waals surface area contributed by atoms with Gasteiger partial charge in [0, 0.05) is 18.0 Å². The second-order valence-electron chi connectivity index (χ2n) is 5.84. The van der Waals surface area contributed by atoms with Crippen molar-refractivity contribution in [1.29, 1.82) is 0 Å². The van der Waals surface area contributed by atoms with Crippen LogP contribution in [0.5, 0.6) is 0 Å². The molecule has 0 amide bonds. The molecule has 0 radical (unpaired) electrons. The van der Waals surface area contributed by atoms with Crippen LogP contribution in [0.3, 0.4) is 0 Å². The van der Waals surface area contributed by atoms with Crippen LogP contribution in [-0.2, 0) is 13.2 Å². The Morgan fingerprint density at radius 2 is 1.91 bits per heavy atom. The van der Waals surface area contributed by atoms with E-state index in [9.17, 15) is 5.11 Å². The molecule has 0 fully saturated rings. The summed E-state index contributed by atoms with van der Waals surface area (Å²) in [5, 5.41) is 17.8. The van der Waals surface area contributed by atoms with Crippen molar-refractivity contribution in [1.82, 2.24) is 20.0 Å². The van der Waals surface area contributed by atoms with Crippen molar-refractivity contribution in [3.8, 4) is 11.3 Å². The van der Waals surface area contributed by atoms with E-state index in [0.717, 1.165) is 16.8 Å². The first-order valence-corrected chi connectivity index (χ1v) is 7.71. The number of nitrogens with zero attached hydrogens (tertiary/aromatic N) is 4. The molecule has 0 saturated carbocycles. The largest absolute Gasteiger partial charge is 0.390 e. The van der Waals surface area contributed by atoms with Crippen molar-refractivity contribution >= 4 is 0 Å². The van der Waals surface area contributed by atoms with E-state index >= 15 is 0 Å². The maximum Gasteiger partial charge on any atom is 0.116 e. The van der Waals surface area contributed by atoms with E-state index in [4.69, 9.17) is 0 Å². The summed E-state index contributed by atoms with van der Waals surface area (Å²) in [6.07, 6.45) is 3.48. The Hall–Kier alpha value is -2.53. The monoisotopic (exact) mass is 308 g/mol. The first-order chi connectivity index (χ1) is 11.2. The Labute approximate surface area is 135 Å². The van der Waals surface area contributed by atoms with Crippen LogP contribution in [0.25, 0.3) is 11.3 Å². The number of benzene rings is 1. The summed E-state index contributed by atoms with van der Waals surface area (Å²) in [5.74, 6) is 0.516. The Balaban J connectivity index is 1.93. The third kappa shape index (κ3) is 3.29. The lowest BCUT2D eigenvalue weighted by molar-refractivity contribution is 0.277. The molecule has 0 unspecified atom stereocenters. The molecule has 0 aliphatic heterocycles. The van der Waals surface area contributed by atoms with Gasteiger partial charge in [0.05, 0.1) is 18.8 Å². The van der Waals surface area contributed by atoms with Gasteiger partial charge in [-0.2, -0.15) is 0 Å². The van der Waals surface area contributed by atoms with Gasteiger partial charge in [-0.3, -0.25) is 4.98 Å². The Morgan fingerprint density at radius 3 is 2.52 bits per heavy atom. The summed E-state index contributed by atoms with van der Waals surface area (Å²) in [7, 11) is 0. The number of aromatic nitrogens is 4. The standard InChI is InChI=1S/C18H20N4O/c1-13(2)15-7-5-14(6-8-15)11-22-18(17(12-23)20-21-22)16-4-3-9-19-10-16/h3-10,13,23H,11-12H2,1-2H3. The lowest BCUT2D eigenvalue weighted by Crippen LogP contribution is -2.05. The number of aliphatic hydroxyl groups excluding tert-OH is 1. The van der Waals surface area contributed by atoms with Gasteiger partial charge in [-0.25, -0.2) is 4.68 Å². The molecule has 0 bridgehead atoms. The average molecular weight is 308 g/mol. The third-order valence-corrected chi connectivity index (χ3v) is 3.87. The van der Waals surface area contributed by atoms with E-state index in [1.54, 1.807) is 12.4 Å². The maximum atomic E-state index is 9.52. The quantitative estimate of drug-likeness (QED) is 0.787. The first kappa shape index (κ1) is 15.4. The second-order valence-corrected chi connectivity index (χ2v) is 5.84. The fourth-order valence-electron chi connectivity index (χ4n) is 2.57. The molecule has 0 aliphatic carbocycles. The molecule has 0 spiro atoms. The summed E-state index contributed by atoms with van der Waals surface area (Å²) >= 11 is 0. The molecular weight excluding hydrogens is 288 g/mol. The molecule has 5 heteroatoms. The number of hydrogen-bond acceptors (Lipinski definition) is 4. The van der Waals surface area contributed by atoms with Crippen LogP contribution >= 0.6 is 0 Å². The zero-order valence-electron chi connectivity index (χ0n) is 13.3. The summed E-state index contributed by atoms with van der Waals surface area (Å²) in [6.45, 7) is 4.83. The molecule has 3 aromatic rings. The molecule has 3 rings (SSSR count). The molecule has 23 heavy (non-hydrogen) atoms. The topological polar surface area (TPSA) is 63.8 Å². The minimum Gasteiger partial charge on any atom is -0.390 e. The summed E-state index contributed by atoms with van der Waals surface area (Å²) in [5.41, 5.74) is 4.75. The fourth-order valence-corrected chi connectivity index (χ4v) is 2.57. The molecular formula is C18H20N4O. The van der Waals surface area contributed by atoms with Crippen molar-refractivity contribution in [3.63, 3.8) is 0 Å². The molecule has 2 heterocycles. The molecule has 1 N–H and O–H groups in total. The van der Waals surface area contributed by atoms with Crippen molar-refractivity contribution in [3.05, 3.63) is 65.6 Å². The van der Waals surface area contributed by atoms with Gasteiger partial charge < -0.3 is 5.11 Å².